The summed E-state index contributed by atoms with van der Waals surface area (Å²) in [5.41, 5.74) is 1.65. The van der Waals surface area contributed by atoms with Gasteiger partial charge in [-0.3, -0.25) is 4.79 Å². The Morgan fingerprint density at radius 1 is 0.935 bits per heavy atom. The number of benzene rings is 1. The zero-order chi connectivity index (χ0) is 21.2. The molecule has 4 heterocycles. The topological polar surface area (TPSA) is 75.9 Å². The molecule has 0 aliphatic carbocycles. The molecule has 162 valence electrons. The van der Waals surface area contributed by atoms with Crippen LogP contribution < -0.4 is 9.64 Å². The Kier molecular flexibility index (Phi) is 5.44. The summed E-state index contributed by atoms with van der Waals surface area (Å²) in [7, 11) is 1.65. The summed E-state index contributed by atoms with van der Waals surface area (Å²) in [6.07, 6.45) is 5.29. The molecule has 5 rings (SSSR count). The molecule has 0 bridgehead atoms. The fourth-order valence-electron chi connectivity index (χ4n) is 4.60. The summed E-state index contributed by atoms with van der Waals surface area (Å²) in [6.45, 7) is 3.53. The highest BCUT2D eigenvalue weighted by atomic mass is 16.5. The van der Waals surface area contributed by atoms with Crippen LogP contribution in [-0.2, 0) is 4.79 Å². The van der Waals surface area contributed by atoms with Gasteiger partial charge >= 0.3 is 0 Å². The van der Waals surface area contributed by atoms with Crippen molar-refractivity contribution >= 4 is 17.4 Å². The van der Waals surface area contributed by atoms with E-state index in [9.17, 15) is 4.79 Å². The number of hydrogen-bond acceptors (Lipinski definition) is 6. The first-order chi connectivity index (χ1) is 15.2. The van der Waals surface area contributed by atoms with E-state index in [0.717, 1.165) is 69.0 Å². The van der Waals surface area contributed by atoms with Crippen LogP contribution in [0.25, 0.3) is 17.0 Å². The van der Waals surface area contributed by atoms with E-state index in [1.807, 2.05) is 36.4 Å². The van der Waals surface area contributed by atoms with Crippen molar-refractivity contribution in [2.24, 2.45) is 5.92 Å². The Labute approximate surface area is 181 Å². The van der Waals surface area contributed by atoms with Crippen LogP contribution in [0.15, 0.2) is 36.4 Å². The number of carbonyl (C=O) groups is 1. The maximum absolute atomic E-state index is 12.8. The van der Waals surface area contributed by atoms with Crippen LogP contribution in [0.5, 0.6) is 5.75 Å². The molecular formula is C23H28N6O2. The van der Waals surface area contributed by atoms with E-state index in [0.29, 0.717) is 17.4 Å². The fourth-order valence-corrected chi connectivity index (χ4v) is 4.60. The lowest BCUT2D eigenvalue weighted by molar-refractivity contribution is -0.137. The van der Waals surface area contributed by atoms with Gasteiger partial charge in [0.25, 0.3) is 0 Å². The Morgan fingerprint density at radius 2 is 1.68 bits per heavy atom. The number of piperidine rings is 2. The predicted octanol–water partition coefficient (Wildman–Crippen LogP) is 3.03. The molecule has 1 amide bonds. The number of rotatable bonds is 4. The molecule has 2 aliphatic rings. The van der Waals surface area contributed by atoms with Crippen molar-refractivity contribution in [3.63, 3.8) is 0 Å². The number of likely N-dealkylation sites (tertiary alicyclic amines) is 1. The average Bonchev–Trinajstić information content (AvgIpc) is 3.27. The van der Waals surface area contributed by atoms with Gasteiger partial charge in [0, 0.05) is 37.7 Å². The molecule has 1 aromatic carbocycles. The number of fused-ring (bicyclic) bond motifs is 1. The van der Waals surface area contributed by atoms with E-state index in [1.54, 1.807) is 11.6 Å². The summed E-state index contributed by atoms with van der Waals surface area (Å²) in [5, 5.41) is 13.4. The van der Waals surface area contributed by atoms with Gasteiger partial charge in [-0.1, -0.05) is 0 Å². The molecule has 0 spiro atoms. The standard InChI is InChI=1S/C23H28N6O2/c1-31-19-7-5-17(6-8-19)22-25-24-20-9-10-21(26-29(20)22)27-15-11-18(12-16-27)23(30)28-13-3-2-4-14-28/h5-10,18H,2-4,11-16H2,1H3. The van der Waals surface area contributed by atoms with Crippen molar-refractivity contribution in [2.45, 2.75) is 32.1 Å². The van der Waals surface area contributed by atoms with Crippen molar-refractivity contribution in [1.82, 2.24) is 24.7 Å². The number of hydrogen-bond donors (Lipinski definition) is 0. The van der Waals surface area contributed by atoms with Crippen LogP contribution in [0.1, 0.15) is 32.1 Å². The molecule has 8 nitrogen and oxygen atoms in total. The normalized spacial score (nSPS) is 17.8. The maximum atomic E-state index is 12.8. The van der Waals surface area contributed by atoms with Gasteiger partial charge in [0.2, 0.25) is 5.91 Å². The van der Waals surface area contributed by atoms with Crippen LogP contribution in [0.4, 0.5) is 5.82 Å². The van der Waals surface area contributed by atoms with Gasteiger partial charge in [0.1, 0.15) is 11.6 Å². The van der Waals surface area contributed by atoms with Gasteiger partial charge in [0.05, 0.1) is 7.11 Å². The lowest BCUT2D eigenvalue weighted by atomic mass is 9.94. The van der Waals surface area contributed by atoms with E-state index in [1.165, 1.54) is 6.42 Å². The van der Waals surface area contributed by atoms with E-state index < -0.39 is 0 Å². The van der Waals surface area contributed by atoms with Crippen molar-refractivity contribution in [2.75, 3.05) is 38.2 Å². The SMILES string of the molecule is COc1ccc(-c2nnc3ccc(N4CCC(C(=O)N5CCCCC5)CC4)nn23)cc1. The lowest BCUT2D eigenvalue weighted by Gasteiger charge is -2.36. The van der Waals surface area contributed by atoms with Gasteiger partial charge in [-0.05, 0) is 68.5 Å². The number of nitrogens with zero attached hydrogens (tertiary/aromatic N) is 6. The van der Waals surface area contributed by atoms with Gasteiger partial charge in [0.15, 0.2) is 11.5 Å². The monoisotopic (exact) mass is 420 g/mol. The van der Waals surface area contributed by atoms with Crippen LogP contribution in [0, 0.1) is 5.92 Å². The number of aromatic nitrogens is 4. The van der Waals surface area contributed by atoms with E-state index in [2.05, 4.69) is 20.0 Å². The van der Waals surface area contributed by atoms with Crippen molar-refractivity contribution in [3.05, 3.63) is 36.4 Å². The average molecular weight is 421 g/mol. The summed E-state index contributed by atoms with van der Waals surface area (Å²) in [6, 6.07) is 11.7. The smallest absolute Gasteiger partial charge is 0.225 e. The van der Waals surface area contributed by atoms with Gasteiger partial charge in [-0.25, -0.2) is 0 Å². The predicted molar refractivity (Wildman–Crippen MR) is 118 cm³/mol. The number of amides is 1. The van der Waals surface area contributed by atoms with Gasteiger partial charge < -0.3 is 14.5 Å². The second-order valence-electron chi connectivity index (χ2n) is 8.36. The second kappa shape index (κ2) is 8.53. The maximum Gasteiger partial charge on any atom is 0.225 e. The molecule has 3 aromatic rings. The highest BCUT2D eigenvalue weighted by molar-refractivity contribution is 5.79. The Hall–Kier alpha value is -3.16. The highest BCUT2D eigenvalue weighted by Gasteiger charge is 2.29. The van der Waals surface area contributed by atoms with Crippen LogP contribution in [0.2, 0.25) is 0 Å². The number of ether oxygens (including phenoxy) is 1. The molecule has 0 N–H and O–H groups in total. The zero-order valence-corrected chi connectivity index (χ0v) is 17.9. The van der Waals surface area contributed by atoms with E-state index in [-0.39, 0.29) is 5.92 Å². The molecule has 2 saturated heterocycles. The first-order valence-corrected chi connectivity index (χ1v) is 11.1. The van der Waals surface area contributed by atoms with Crippen LogP contribution >= 0.6 is 0 Å². The minimum atomic E-state index is 0.142. The molecule has 0 atom stereocenters. The number of carbonyl (C=O) groups excluding carboxylic acids is 1. The molecule has 2 aromatic heterocycles. The Balaban J connectivity index is 1.31. The Bertz CT molecular complexity index is 1050. The number of anilines is 1. The quantitative estimate of drug-likeness (QED) is 0.646. The molecule has 0 radical (unpaired) electrons. The van der Waals surface area contributed by atoms with E-state index in [4.69, 9.17) is 9.84 Å². The highest BCUT2D eigenvalue weighted by Crippen LogP contribution is 2.26. The molecule has 2 aliphatic heterocycles. The third kappa shape index (κ3) is 3.94. The number of methoxy groups -OCH3 is 1. The molecule has 2 fully saturated rings. The first-order valence-electron chi connectivity index (χ1n) is 11.1. The minimum absolute atomic E-state index is 0.142. The Morgan fingerprint density at radius 3 is 2.39 bits per heavy atom. The summed E-state index contributed by atoms with van der Waals surface area (Å²) in [5.74, 6) is 2.89. The fraction of sp³-hybridized carbons (Fsp3) is 0.478. The van der Waals surface area contributed by atoms with Crippen molar-refractivity contribution in [1.29, 1.82) is 0 Å². The molecule has 0 saturated carbocycles. The zero-order valence-electron chi connectivity index (χ0n) is 17.9. The summed E-state index contributed by atoms with van der Waals surface area (Å²) < 4.78 is 7.04. The van der Waals surface area contributed by atoms with Gasteiger partial charge in [-0.15, -0.1) is 15.3 Å². The third-order valence-corrected chi connectivity index (χ3v) is 6.43. The van der Waals surface area contributed by atoms with Gasteiger partial charge in [-0.2, -0.15) is 4.52 Å². The third-order valence-electron chi connectivity index (χ3n) is 6.43. The molecule has 0 unspecified atom stereocenters. The molecule has 31 heavy (non-hydrogen) atoms. The van der Waals surface area contributed by atoms with Crippen molar-refractivity contribution < 1.29 is 9.53 Å². The molecule has 8 heteroatoms. The van der Waals surface area contributed by atoms with E-state index >= 15 is 0 Å². The summed E-state index contributed by atoms with van der Waals surface area (Å²) in [4.78, 5) is 17.2. The minimum Gasteiger partial charge on any atom is -0.497 e. The van der Waals surface area contributed by atoms with Crippen LogP contribution in [-0.4, -0.2) is 63.9 Å². The van der Waals surface area contributed by atoms with Crippen molar-refractivity contribution in [3.8, 4) is 17.1 Å². The largest absolute Gasteiger partial charge is 0.497 e. The summed E-state index contributed by atoms with van der Waals surface area (Å²) >= 11 is 0. The lowest BCUT2D eigenvalue weighted by Crippen LogP contribution is -2.44. The first kappa shape index (κ1) is 19.8. The molecular weight excluding hydrogens is 392 g/mol. The second-order valence-corrected chi connectivity index (χ2v) is 8.36. The van der Waals surface area contributed by atoms with Crippen LogP contribution in [0.3, 0.4) is 0 Å².